The van der Waals surface area contributed by atoms with Crippen molar-refractivity contribution >= 4 is 0 Å². The van der Waals surface area contributed by atoms with E-state index in [1.165, 1.54) is 0 Å². The molecule has 1 fully saturated rings. The average molecular weight is 253 g/mol. The highest BCUT2D eigenvalue weighted by molar-refractivity contribution is 4.75. The van der Waals surface area contributed by atoms with Crippen LogP contribution in [0.1, 0.15) is 26.7 Å². The van der Waals surface area contributed by atoms with Gasteiger partial charge in [-0.1, -0.05) is 0 Å². The number of nitrogens with one attached hydrogen (secondary N) is 1. The van der Waals surface area contributed by atoms with Gasteiger partial charge in [0.05, 0.1) is 25.6 Å². The van der Waals surface area contributed by atoms with Crippen LogP contribution in [0, 0.1) is 0 Å². The molecule has 0 amide bonds. The van der Waals surface area contributed by atoms with E-state index in [9.17, 15) is 0 Å². The molecule has 2 heterocycles. The summed E-state index contributed by atoms with van der Waals surface area (Å²) in [5, 5.41) is 3.46. The highest BCUT2D eigenvalue weighted by atomic mass is 16.7. The quantitative estimate of drug-likeness (QED) is 0.779. The second-order valence-electron chi connectivity index (χ2n) is 5.18. The van der Waals surface area contributed by atoms with Crippen molar-refractivity contribution < 1.29 is 9.47 Å². The standard InChI is InChI=1S/C13H23N3O2/c1-13(2)17-9-12(10-18-13)15-5-3-4-7-16-8-6-14-11-16/h6,8,11-12,15H,3-5,7,9-10H2,1-2H3. The van der Waals surface area contributed by atoms with Crippen LogP contribution in [0.25, 0.3) is 0 Å². The van der Waals surface area contributed by atoms with Crippen LogP contribution >= 0.6 is 0 Å². The van der Waals surface area contributed by atoms with E-state index in [2.05, 4.69) is 14.9 Å². The number of ether oxygens (including phenoxy) is 2. The van der Waals surface area contributed by atoms with E-state index in [4.69, 9.17) is 9.47 Å². The fourth-order valence-corrected chi connectivity index (χ4v) is 1.95. The van der Waals surface area contributed by atoms with Crippen molar-refractivity contribution in [2.75, 3.05) is 19.8 Å². The van der Waals surface area contributed by atoms with E-state index in [1.54, 1.807) is 0 Å². The number of hydrogen-bond donors (Lipinski definition) is 1. The lowest BCUT2D eigenvalue weighted by atomic mass is 10.2. The van der Waals surface area contributed by atoms with Crippen LogP contribution in [0.2, 0.25) is 0 Å². The summed E-state index contributed by atoms with van der Waals surface area (Å²) in [6.45, 7) is 7.41. The molecule has 102 valence electrons. The van der Waals surface area contributed by atoms with Crippen LogP contribution in [0.3, 0.4) is 0 Å². The number of rotatable bonds is 6. The van der Waals surface area contributed by atoms with E-state index in [1.807, 2.05) is 32.6 Å². The third-order valence-electron chi connectivity index (χ3n) is 3.10. The van der Waals surface area contributed by atoms with E-state index >= 15 is 0 Å². The molecule has 5 heteroatoms. The summed E-state index contributed by atoms with van der Waals surface area (Å²) in [4.78, 5) is 4.02. The Hall–Kier alpha value is -0.910. The molecule has 1 aromatic rings. The molecule has 0 unspecified atom stereocenters. The predicted molar refractivity (Wildman–Crippen MR) is 69.2 cm³/mol. The lowest BCUT2D eigenvalue weighted by molar-refractivity contribution is -0.252. The normalized spacial score (nSPS) is 20.1. The van der Waals surface area contributed by atoms with Gasteiger partial charge in [0.2, 0.25) is 0 Å². The first-order valence-electron chi connectivity index (χ1n) is 6.63. The molecule has 0 atom stereocenters. The molecule has 18 heavy (non-hydrogen) atoms. The fourth-order valence-electron chi connectivity index (χ4n) is 1.95. The van der Waals surface area contributed by atoms with Gasteiger partial charge in [-0.3, -0.25) is 0 Å². The van der Waals surface area contributed by atoms with Crippen molar-refractivity contribution in [3.05, 3.63) is 18.7 Å². The number of aromatic nitrogens is 2. The molecule has 0 aromatic carbocycles. The monoisotopic (exact) mass is 253 g/mol. The topological polar surface area (TPSA) is 48.3 Å². The molecular weight excluding hydrogens is 230 g/mol. The molecule has 1 aliphatic heterocycles. The van der Waals surface area contributed by atoms with E-state index in [0.717, 1.165) is 39.1 Å². The number of hydrogen-bond acceptors (Lipinski definition) is 4. The Labute approximate surface area is 108 Å². The minimum absolute atomic E-state index is 0.325. The molecule has 1 saturated heterocycles. The van der Waals surface area contributed by atoms with Crippen molar-refractivity contribution in [3.8, 4) is 0 Å². The minimum Gasteiger partial charge on any atom is -0.349 e. The number of unbranched alkanes of at least 4 members (excludes halogenated alkanes) is 1. The molecule has 5 nitrogen and oxygen atoms in total. The maximum atomic E-state index is 5.60. The Morgan fingerprint density at radius 3 is 2.78 bits per heavy atom. The van der Waals surface area contributed by atoms with Crippen LogP contribution in [0.4, 0.5) is 0 Å². The summed E-state index contributed by atoms with van der Waals surface area (Å²) in [6, 6.07) is 0.325. The Kier molecular flexibility index (Phi) is 4.74. The third kappa shape index (κ3) is 4.40. The van der Waals surface area contributed by atoms with Crippen LogP contribution in [0.5, 0.6) is 0 Å². The van der Waals surface area contributed by atoms with Crippen LogP contribution in [-0.2, 0) is 16.0 Å². The molecular formula is C13H23N3O2. The highest BCUT2D eigenvalue weighted by Crippen LogP contribution is 2.16. The maximum Gasteiger partial charge on any atom is 0.162 e. The van der Waals surface area contributed by atoms with Crippen molar-refractivity contribution in [1.82, 2.24) is 14.9 Å². The molecule has 1 N–H and O–H groups in total. The number of nitrogens with zero attached hydrogens (tertiary/aromatic N) is 2. The van der Waals surface area contributed by atoms with Crippen LogP contribution in [-0.4, -0.2) is 41.1 Å². The van der Waals surface area contributed by atoms with Crippen molar-refractivity contribution in [1.29, 1.82) is 0 Å². The lowest BCUT2D eigenvalue weighted by Crippen LogP contribution is -2.48. The predicted octanol–water partition coefficient (Wildman–Crippen LogP) is 1.40. The first-order chi connectivity index (χ1) is 8.66. The lowest BCUT2D eigenvalue weighted by Gasteiger charge is -2.35. The summed E-state index contributed by atoms with van der Waals surface area (Å²) in [7, 11) is 0. The Morgan fingerprint density at radius 2 is 2.11 bits per heavy atom. The van der Waals surface area contributed by atoms with Crippen molar-refractivity contribution in [3.63, 3.8) is 0 Å². The zero-order chi connectivity index (χ0) is 12.8. The first kappa shape index (κ1) is 13.5. The fraction of sp³-hybridized carbons (Fsp3) is 0.769. The van der Waals surface area contributed by atoms with Gasteiger partial charge in [0, 0.05) is 18.9 Å². The third-order valence-corrected chi connectivity index (χ3v) is 3.10. The number of aryl methyl sites for hydroxylation is 1. The van der Waals surface area contributed by atoms with Gasteiger partial charge in [-0.2, -0.15) is 0 Å². The molecule has 1 aliphatic rings. The molecule has 0 radical (unpaired) electrons. The maximum absolute atomic E-state index is 5.60. The van der Waals surface area contributed by atoms with Gasteiger partial charge in [-0.25, -0.2) is 4.98 Å². The minimum atomic E-state index is -0.417. The second-order valence-corrected chi connectivity index (χ2v) is 5.18. The smallest absolute Gasteiger partial charge is 0.162 e. The summed E-state index contributed by atoms with van der Waals surface area (Å²) < 4.78 is 13.3. The van der Waals surface area contributed by atoms with Gasteiger partial charge < -0.3 is 19.4 Å². The number of imidazole rings is 1. The largest absolute Gasteiger partial charge is 0.349 e. The van der Waals surface area contributed by atoms with E-state index < -0.39 is 5.79 Å². The zero-order valence-corrected chi connectivity index (χ0v) is 11.3. The Balaban J connectivity index is 1.51. The molecule has 0 spiro atoms. The first-order valence-corrected chi connectivity index (χ1v) is 6.63. The van der Waals surface area contributed by atoms with Gasteiger partial charge in [-0.15, -0.1) is 0 Å². The van der Waals surface area contributed by atoms with E-state index in [-0.39, 0.29) is 0 Å². The van der Waals surface area contributed by atoms with Gasteiger partial charge in [0.1, 0.15) is 0 Å². The molecule has 2 rings (SSSR count). The van der Waals surface area contributed by atoms with Crippen molar-refractivity contribution in [2.45, 2.75) is 45.1 Å². The van der Waals surface area contributed by atoms with Crippen LogP contribution < -0.4 is 5.32 Å². The van der Waals surface area contributed by atoms with E-state index in [0.29, 0.717) is 6.04 Å². The van der Waals surface area contributed by atoms with Gasteiger partial charge in [-0.05, 0) is 33.2 Å². The molecule has 1 aromatic heterocycles. The van der Waals surface area contributed by atoms with Crippen LogP contribution in [0.15, 0.2) is 18.7 Å². The SMILES string of the molecule is CC1(C)OCC(NCCCCn2ccnc2)CO1. The highest BCUT2D eigenvalue weighted by Gasteiger charge is 2.27. The summed E-state index contributed by atoms with van der Waals surface area (Å²) in [6.07, 6.45) is 7.98. The van der Waals surface area contributed by atoms with Crippen molar-refractivity contribution in [2.24, 2.45) is 0 Å². The molecule has 0 bridgehead atoms. The Morgan fingerprint density at radius 1 is 1.33 bits per heavy atom. The van der Waals surface area contributed by atoms with Gasteiger partial charge >= 0.3 is 0 Å². The summed E-state index contributed by atoms with van der Waals surface area (Å²) in [5.74, 6) is -0.417. The second kappa shape index (κ2) is 6.31. The Bertz CT molecular complexity index is 328. The molecule has 0 saturated carbocycles. The summed E-state index contributed by atoms with van der Waals surface area (Å²) >= 11 is 0. The van der Waals surface area contributed by atoms with Gasteiger partial charge in [0.25, 0.3) is 0 Å². The zero-order valence-electron chi connectivity index (χ0n) is 11.3. The van der Waals surface area contributed by atoms with Gasteiger partial charge in [0.15, 0.2) is 5.79 Å². The summed E-state index contributed by atoms with van der Waals surface area (Å²) in [5.41, 5.74) is 0. The average Bonchev–Trinajstić information content (AvgIpc) is 2.84. The molecule has 0 aliphatic carbocycles.